The van der Waals surface area contributed by atoms with Gasteiger partial charge in [0.05, 0.1) is 5.69 Å². The summed E-state index contributed by atoms with van der Waals surface area (Å²) in [6.07, 6.45) is 5.62. The number of carbonyl (C=O) groups is 3. The van der Waals surface area contributed by atoms with Crippen LogP contribution in [0, 0.1) is 5.92 Å². The van der Waals surface area contributed by atoms with Crippen LogP contribution in [0.2, 0.25) is 0 Å². The molecule has 4 rings (SSSR count). The summed E-state index contributed by atoms with van der Waals surface area (Å²) in [5.74, 6) is 1.95. The minimum atomic E-state index is -0.713. The van der Waals surface area contributed by atoms with E-state index in [1.165, 1.54) is 24.1 Å². The maximum absolute atomic E-state index is 12.7. The number of hydrogen-bond acceptors (Lipinski definition) is 7. The summed E-state index contributed by atoms with van der Waals surface area (Å²) in [6, 6.07) is -0.244. The van der Waals surface area contributed by atoms with E-state index < -0.39 is 5.54 Å². The molecule has 10 nitrogen and oxygen atoms in total. The molecule has 3 amide bonds. The van der Waals surface area contributed by atoms with Crippen molar-refractivity contribution in [2.75, 3.05) is 43.5 Å². The van der Waals surface area contributed by atoms with Gasteiger partial charge in [-0.05, 0) is 44.4 Å². The van der Waals surface area contributed by atoms with Gasteiger partial charge in [-0.25, -0.2) is 9.78 Å². The summed E-state index contributed by atoms with van der Waals surface area (Å²) in [5.41, 5.74) is 1.72. The Morgan fingerprint density at radius 1 is 1.16 bits per heavy atom. The molecular formula is C22H34N6O4. The molecule has 2 aliphatic heterocycles. The van der Waals surface area contributed by atoms with E-state index in [0.29, 0.717) is 38.4 Å². The summed E-state index contributed by atoms with van der Waals surface area (Å²) < 4.78 is 0. The second kappa shape index (κ2) is 9.70. The van der Waals surface area contributed by atoms with Crippen molar-refractivity contribution >= 4 is 30.2 Å². The van der Waals surface area contributed by atoms with Crippen molar-refractivity contribution in [2.24, 2.45) is 5.92 Å². The van der Waals surface area contributed by atoms with Crippen LogP contribution in [0.1, 0.15) is 50.8 Å². The summed E-state index contributed by atoms with van der Waals surface area (Å²) in [5, 5.41) is 9.45. The summed E-state index contributed by atoms with van der Waals surface area (Å²) in [7, 11) is 3.94. The molecule has 10 heteroatoms. The van der Waals surface area contributed by atoms with Crippen LogP contribution in [0.5, 0.6) is 0 Å². The van der Waals surface area contributed by atoms with Gasteiger partial charge in [-0.2, -0.15) is 4.98 Å². The molecule has 1 spiro atoms. The average molecular weight is 447 g/mol. The van der Waals surface area contributed by atoms with E-state index in [9.17, 15) is 9.59 Å². The third-order valence-corrected chi connectivity index (χ3v) is 6.39. The molecule has 1 aromatic rings. The second-order valence-corrected chi connectivity index (χ2v) is 9.26. The highest BCUT2D eigenvalue weighted by Crippen LogP contribution is 2.37. The lowest BCUT2D eigenvalue weighted by Crippen LogP contribution is -2.57. The van der Waals surface area contributed by atoms with Gasteiger partial charge in [0.15, 0.2) is 0 Å². The first-order valence-corrected chi connectivity index (χ1v) is 11.3. The van der Waals surface area contributed by atoms with E-state index >= 15 is 0 Å². The number of aryl methyl sites for hydroxylation is 1. The van der Waals surface area contributed by atoms with E-state index in [4.69, 9.17) is 19.9 Å². The molecule has 3 heterocycles. The first kappa shape index (κ1) is 23.7. The molecule has 2 fully saturated rings. The number of piperidine rings is 1. The number of imide groups is 1. The van der Waals surface area contributed by atoms with E-state index in [2.05, 4.69) is 24.1 Å². The lowest BCUT2D eigenvalue weighted by atomic mass is 9.85. The monoisotopic (exact) mass is 446 g/mol. The summed E-state index contributed by atoms with van der Waals surface area (Å²) in [4.78, 5) is 49.2. The molecular weight excluding hydrogens is 412 g/mol. The van der Waals surface area contributed by atoms with Crippen molar-refractivity contribution in [3.05, 3.63) is 11.3 Å². The van der Waals surface area contributed by atoms with Crippen LogP contribution in [-0.4, -0.2) is 77.7 Å². The molecule has 0 atom stereocenters. The molecule has 0 saturated carbocycles. The van der Waals surface area contributed by atoms with Crippen molar-refractivity contribution in [1.29, 1.82) is 0 Å². The number of carboxylic acid groups (broad SMARTS) is 1. The Bertz CT molecular complexity index is 864. The van der Waals surface area contributed by atoms with Crippen LogP contribution in [-0.2, 0) is 22.4 Å². The number of urea groups is 1. The number of rotatable bonds is 4. The smallest absolute Gasteiger partial charge is 0.325 e. The Labute approximate surface area is 189 Å². The summed E-state index contributed by atoms with van der Waals surface area (Å²) >= 11 is 0. The number of anilines is 2. The summed E-state index contributed by atoms with van der Waals surface area (Å²) in [6.45, 7) is 5.94. The minimum Gasteiger partial charge on any atom is -0.483 e. The number of nitrogens with zero attached hydrogens (tertiary/aromatic N) is 5. The van der Waals surface area contributed by atoms with Crippen LogP contribution in [0.3, 0.4) is 0 Å². The zero-order chi connectivity index (χ0) is 23.5. The zero-order valence-corrected chi connectivity index (χ0v) is 19.4. The molecule has 2 N–H and O–H groups in total. The molecule has 0 aromatic carbocycles. The highest BCUT2D eigenvalue weighted by atomic mass is 16.3. The number of nitrogens with one attached hydrogen (secondary N) is 1. The molecule has 32 heavy (non-hydrogen) atoms. The van der Waals surface area contributed by atoms with E-state index in [1.54, 1.807) is 4.90 Å². The van der Waals surface area contributed by atoms with Gasteiger partial charge in [0.1, 0.15) is 11.4 Å². The van der Waals surface area contributed by atoms with Crippen LogP contribution >= 0.6 is 0 Å². The van der Waals surface area contributed by atoms with Gasteiger partial charge in [0, 0.05) is 39.3 Å². The lowest BCUT2D eigenvalue weighted by molar-refractivity contribution is -0.128. The fourth-order valence-corrected chi connectivity index (χ4v) is 4.83. The third kappa shape index (κ3) is 4.49. The van der Waals surface area contributed by atoms with Gasteiger partial charge in [-0.15, -0.1) is 0 Å². The Kier molecular flexibility index (Phi) is 7.20. The molecule has 2 saturated heterocycles. The molecule has 3 aliphatic rings. The molecule has 1 aliphatic carbocycles. The molecule has 1 aromatic heterocycles. The number of hydrogen-bond donors (Lipinski definition) is 2. The molecule has 176 valence electrons. The topological polar surface area (TPSA) is 119 Å². The molecule has 0 bridgehead atoms. The van der Waals surface area contributed by atoms with Gasteiger partial charge < -0.3 is 19.8 Å². The fraction of sp³-hybridized carbons (Fsp3) is 0.682. The van der Waals surface area contributed by atoms with Crippen LogP contribution < -0.4 is 15.1 Å². The van der Waals surface area contributed by atoms with E-state index in [-0.39, 0.29) is 18.4 Å². The van der Waals surface area contributed by atoms with Gasteiger partial charge in [0.2, 0.25) is 5.95 Å². The van der Waals surface area contributed by atoms with Crippen LogP contribution in [0.25, 0.3) is 0 Å². The second-order valence-electron chi connectivity index (χ2n) is 9.26. The quantitative estimate of drug-likeness (QED) is 0.530. The van der Waals surface area contributed by atoms with Gasteiger partial charge in [-0.1, -0.05) is 13.8 Å². The van der Waals surface area contributed by atoms with Crippen molar-refractivity contribution in [2.45, 2.75) is 57.9 Å². The van der Waals surface area contributed by atoms with Gasteiger partial charge >= 0.3 is 6.03 Å². The maximum Gasteiger partial charge on any atom is 0.325 e. The van der Waals surface area contributed by atoms with Crippen molar-refractivity contribution in [3.63, 3.8) is 0 Å². The lowest BCUT2D eigenvalue weighted by Gasteiger charge is -2.43. The Morgan fingerprint density at radius 3 is 2.38 bits per heavy atom. The third-order valence-electron chi connectivity index (χ3n) is 6.39. The molecule has 0 radical (unpaired) electrons. The zero-order valence-electron chi connectivity index (χ0n) is 19.4. The molecule has 0 unspecified atom stereocenters. The van der Waals surface area contributed by atoms with Crippen molar-refractivity contribution < 1.29 is 19.5 Å². The Balaban J connectivity index is 0.000000913. The predicted molar refractivity (Wildman–Crippen MR) is 121 cm³/mol. The number of amides is 3. The predicted octanol–water partition coefficient (Wildman–Crippen LogP) is 1.67. The normalized spacial score (nSPS) is 19.4. The van der Waals surface area contributed by atoms with E-state index in [1.807, 2.05) is 19.0 Å². The van der Waals surface area contributed by atoms with Crippen molar-refractivity contribution in [1.82, 2.24) is 20.2 Å². The van der Waals surface area contributed by atoms with E-state index in [0.717, 1.165) is 24.6 Å². The van der Waals surface area contributed by atoms with Gasteiger partial charge in [-0.3, -0.25) is 14.9 Å². The fourth-order valence-electron chi connectivity index (χ4n) is 4.83. The Morgan fingerprint density at radius 2 is 1.78 bits per heavy atom. The highest BCUT2D eigenvalue weighted by molar-refractivity contribution is 6.07. The number of aromatic nitrogens is 2. The number of fused-ring (bicyclic) bond motifs is 1. The van der Waals surface area contributed by atoms with Crippen LogP contribution in [0.4, 0.5) is 16.6 Å². The Hall–Kier alpha value is -2.91. The first-order valence-electron chi connectivity index (χ1n) is 11.3. The standard InChI is InChI=1S/C21H32N6O2.CH2O2/c1-14(2)13-27-20(29)24-18(28)21(27)9-11-26(12-10-21)17-15-7-5-6-8-16(15)22-19(23-17)25(3)4;2-1-3/h14H,5-13H2,1-4H3,(H,24,28,29);1H,(H,2,3). The highest BCUT2D eigenvalue weighted by Gasteiger charge is 2.54. The maximum atomic E-state index is 12.7. The first-order chi connectivity index (χ1) is 15.2. The minimum absolute atomic E-state index is 0.138. The van der Waals surface area contributed by atoms with Crippen molar-refractivity contribution in [3.8, 4) is 0 Å². The SMILES string of the molecule is CC(C)CN1C(=O)NC(=O)C12CCN(c1nc(N(C)C)nc3c1CCCC3)CC2.O=CO. The largest absolute Gasteiger partial charge is 0.483 e. The van der Waals surface area contributed by atoms with Crippen LogP contribution in [0.15, 0.2) is 0 Å². The van der Waals surface area contributed by atoms with Gasteiger partial charge in [0.25, 0.3) is 12.4 Å². The number of carbonyl (C=O) groups excluding carboxylic acids is 2. The average Bonchev–Trinajstić information content (AvgIpc) is 2.97.